The molecule has 0 fully saturated rings. The van der Waals surface area contributed by atoms with Gasteiger partial charge in [0, 0.05) is 25.1 Å². The number of aromatic nitrogens is 2. The summed E-state index contributed by atoms with van der Waals surface area (Å²) in [6, 6.07) is 11.9. The summed E-state index contributed by atoms with van der Waals surface area (Å²) in [6.07, 6.45) is 3.46. The number of nitrogens with zero attached hydrogens (tertiary/aromatic N) is 1. The summed E-state index contributed by atoms with van der Waals surface area (Å²) in [5, 5.41) is 9.24. The molecule has 0 amide bonds. The van der Waals surface area contributed by atoms with Crippen molar-refractivity contribution in [1.82, 2.24) is 10.2 Å². The first kappa shape index (κ1) is 9.32. The molecule has 1 aromatic heterocycles. The van der Waals surface area contributed by atoms with Crippen LogP contribution >= 0.6 is 0 Å². The minimum Gasteiger partial charge on any atom is -0.388 e. The van der Waals surface area contributed by atoms with Crippen LogP contribution in [0.5, 0.6) is 0 Å². The van der Waals surface area contributed by atoms with Crippen LogP contribution in [0, 0.1) is 0 Å². The van der Waals surface area contributed by atoms with Crippen LogP contribution in [0.4, 0.5) is 5.69 Å². The van der Waals surface area contributed by atoms with Crippen molar-refractivity contribution in [2.24, 2.45) is 0 Å². The molecule has 0 atom stereocenters. The molecule has 2 N–H and O–H groups in total. The molecule has 2 rings (SSSR count). The van der Waals surface area contributed by atoms with E-state index in [9.17, 15) is 0 Å². The highest BCUT2D eigenvalue weighted by molar-refractivity contribution is 5.41. The van der Waals surface area contributed by atoms with E-state index in [0.29, 0.717) is 0 Å². The Morgan fingerprint density at radius 1 is 1.15 bits per heavy atom. The van der Waals surface area contributed by atoms with Crippen LogP contribution in [0.3, 0.4) is 0 Å². The van der Waals surface area contributed by atoms with Crippen LogP contribution in [0.1, 0.15) is 0 Å². The third-order valence-electron chi connectivity index (χ3n) is 1.47. The smallest absolute Gasteiger partial charge is 0.0487 e. The van der Waals surface area contributed by atoms with Crippen LogP contribution in [-0.2, 0) is 0 Å². The van der Waals surface area contributed by atoms with Crippen LogP contribution in [0.2, 0.25) is 0 Å². The van der Waals surface area contributed by atoms with Gasteiger partial charge in [0.15, 0.2) is 0 Å². The van der Waals surface area contributed by atoms with Crippen molar-refractivity contribution in [1.29, 1.82) is 0 Å². The average molecular weight is 175 g/mol. The molecule has 0 saturated carbocycles. The molecular weight excluding hydrogens is 162 g/mol. The predicted molar refractivity (Wildman–Crippen MR) is 54.6 cm³/mol. The van der Waals surface area contributed by atoms with Crippen LogP contribution < -0.4 is 5.32 Å². The molecule has 1 aromatic carbocycles. The summed E-state index contributed by atoms with van der Waals surface area (Å²) >= 11 is 0. The number of anilines is 1. The van der Waals surface area contributed by atoms with Gasteiger partial charge in [-0.15, -0.1) is 0 Å². The third-order valence-corrected chi connectivity index (χ3v) is 1.47. The third kappa shape index (κ3) is 3.96. The van der Waals surface area contributed by atoms with Crippen molar-refractivity contribution >= 4 is 5.69 Å². The van der Waals surface area contributed by atoms with Gasteiger partial charge in [0.25, 0.3) is 0 Å². The molecule has 0 aliphatic rings. The number of rotatable bonds is 1. The summed E-state index contributed by atoms with van der Waals surface area (Å²) in [4.78, 5) is 0. The van der Waals surface area contributed by atoms with Crippen molar-refractivity contribution in [3.8, 4) is 0 Å². The van der Waals surface area contributed by atoms with Crippen LogP contribution in [0.25, 0.3) is 0 Å². The Balaban J connectivity index is 0.000000145. The average Bonchev–Trinajstić information content (AvgIpc) is 2.77. The Morgan fingerprint density at radius 3 is 2.23 bits per heavy atom. The number of hydrogen-bond donors (Lipinski definition) is 2. The lowest BCUT2D eigenvalue weighted by Crippen LogP contribution is -1.84. The van der Waals surface area contributed by atoms with Gasteiger partial charge in [0.05, 0.1) is 0 Å². The van der Waals surface area contributed by atoms with E-state index in [1.54, 1.807) is 12.4 Å². The molecule has 0 aliphatic heterocycles. The zero-order valence-corrected chi connectivity index (χ0v) is 7.57. The van der Waals surface area contributed by atoms with E-state index in [2.05, 4.69) is 15.5 Å². The van der Waals surface area contributed by atoms with Gasteiger partial charge in [-0.2, -0.15) is 5.10 Å². The quantitative estimate of drug-likeness (QED) is 0.697. The van der Waals surface area contributed by atoms with Crippen LogP contribution in [0.15, 0.2) is 48.8 Å². The van der Waals surface area contributed by atoms with Crippen molar-refractivity contribution < 1.29 is 0 Å². The molecule has 0 saturated heterocycles. The molecule has 0 radical (unpaired) electrons. The highest BCUT2D eigenvalue weighted by Crippen LogP contribution is 2.01. The second kappa shape index (κ2) is 5.83. The SMILES string of the molecule is CNc1ccccc1.c1cn[nH]c1. The topological polar surface area (TPSA) is 40.7 Å². The Bertz CT molecular complexity index is 272. The molecule has 2 aromatic rings. The maximum absolute atomic E-state index is 3.60. The van der Waals surface area contributed by atoms with Crippen molar-refractivity contribution in [3.05, 3.63) is 48.8 Å². The first-order valence-corrected chi connectivity index (χ1v) is 4.10. The molecule has 3 heteroatoms. The summed E-state index contributed by atoms with van der Waals surface area (Å²) in [5.74, 6) is 0. The molecular formula is C10H13N3. The van der Waals surface area contributed by atoms with Gasteiger partial charge in [-0.3, -0.25) is 5.10 Å². The number of benzene rings is 1. The minimum absolute atomic E-state index is 1.16. The molecule has 0 spiro atoms. The summed E-state index contributed by atoms with van der Waals surface area (Å²) in [7, 11) is 1.91. The minimum atomic E-state index is 1.16. The van der Waals surface area contributed by atoms with E-state index in [0.717, 1.165) is 5.69 Å². The Labute approximate surface area is 77.8 Å². The highest BCUT2D eigenvalue weighted by atomic mass is 15.1. The second-order valence-electron chi connectivity index (χ2n) is 2.38. The molecule has 0 unspecified atom stereocenters. The predicted octanol–water partition coefficient (Wildman–Crippen LogP) is 2.14. The Hall–Kier alpha value is -1.77. The summed E-state index contributed by atoms with van der Waals surface area (Å²) in [6.45, 7) is 0. The lowest BCUT2D eigenvalue weighted by molar-refractivity contribution is 1.09. The van der Waals surface area contributed by atoms with Crippen molar-refractivity contribution in [2.45, 2.75) is 0 Å². The highest BCUT2D eigenvalue weighted by Gasteiger charge is 1.77. The lowest BCUT2D eigenvalue weighted by Gasteiger charge is -1.94. The first-order valence-electron chi connectivity index (χ1n) is 4.10. The maximum Gasteiger partial charge on any atom is 0.0487 e. The number of hydrogen-bond acceptors (Lipinski definition) is 2. The molecule has 68 valence electrons. The van der Waals surface area contributed by atoms with Crippen molar-refractivity contribution in [3.63, 3.8) is 0 Å². The monoisotopic (exact) mass is 175 g/mol. The molecule has 1 heterocycles. The number of H-pyrrole nitrogens is 1. The van der Waals surface area contributed by atoms with Gasteiger partial charge in [0.1, 0.15) is 0 Å². The zero-order valence-electron chi connectivity index (χ0n) is 7.57. The van der Waals surface area contributed by atoms with Gasteiger partial charge in [-0.25, -0.2) is 0 Å². The molecule has 0 bridgehead atoms. The standard InChI is InChI=1S/C7H9N.C3H4N2/c1-8-7-5-3-2-4-6-7;1-2-4-5-3-1/h2-6,8H,1H3;1-3H,(H,4,5). The Morgan fingerprint density at radius 2 is 1.92 bits per heavy atom. The summed E-state index contributed by atoms with van der Waals surface area (Å²) in [5.41, 5.74) is 1.16. The fourth-order valence-corrected chi connectivity index (χ4v) is 0.820. The molecule has 13 heavy (non-hydrogen) atoms. The van der Waals surface area contributed by atoms with E-state index in [4.69, 9.17) is 0 Å². The Kier molecular flexibility index (Phi) is 4.18. The van der Waals surface area contributed by atoms with Gasteiger partial charge in [-0.05, 0) is 18.2 Å². The van der Waals surface area contributed by atoms with Gasteiger partial charge < -0.3 is 5.32 Å². The van der Waals surface area contributed by atoms with Crippen molar-refractivity contribution in [2.75, 3.05) is 12.4 Å². The molecule has 0 aliphatic carbocycles. The van der Waals surface area contributed by atoms with Gasteiger partial charge in [-0.1, -0.05) is 18.2 Å². The normalized spacial score (nSPS) is 8.38. The fourth-order valence-electron chi connectivity index (χ4n) is 0.820. The van der Waals surface area contributed by atoms with E-state index in [1.165, 1.54) is 0 Å². The molecule has 3 nitrogen and oxygen atoms in total. The number of nitrogens with one attached hydrogen (secondary N) is 2. The fraction of sp³-hybridized carbons (Fsp3) is 0.100. The number of para-hydroxylation sites is 1. The van der Waals surface area contributed by atoms with E-state index in [-0.39, 0.29) is 0 Å². The lowest BCUT2D eigenvalue weighted by atomic mass is 10.3. The number of aromatic amines is 1. The van der Waals surface area contributed by atoms with E-state index in [1.807, 2.05) is 43.4 Å². The second-order valence-corrected chi connectivity index (χ2v) is 2.38. The van der Waals surface area contributed by atoms with Gasteiger partial charge in [0.2, 0.25) is 0 Å². The van der Waals surface area contributed by atoms with E-state index >= 15 is 0 Å². The van der Waals surface area contributed by atoms with Gasteiger partial charge >= 0.3 is 0 Å². The first-order chi connectivity index (χ1) is 6.43. The van der Waals surface area contributed by atoms with E-state index < -0.39 is 0 Å². The summed E-state index contributed by atoms with van der Waals surface area (Å²) < 4.78 is 0. The zero-order chi connectivity index (χ0) is 9.36. The maximum atomic E-state index is 3.60. The largest absolute Gasteiger partial charge is 0.388 e. The van der Waals surface area contributed by atoms with Crippen LogP contribution in [-0.4, -0.2) is 17.2 Å².